The Hall–Kier alpha value is -1.40. The molecule has 6 heteroatoms. The zero-order valence-corrected chi connectivity index (χ0v) is 13.2. The Bertz CT molecular complexity index is 479. The number of ether oxygens (including phenoxy) is 1. The van der Waals surface area contributed by atoms with Crippen LogP contribution in [0.25, 0.3) is 0 Å². The predicted octanol–water partition coefficient (Wildman–Crippen LogP) is 1.66. The van der Waals surface area contributed by atoms with Crippen molar-refractivity contribution >= 4 is 11.6 Å². The Balaban J connectivity index is 1.64. The average Bonchev–Trinajstić information content (AvgIpc) is 3.10. The molecule has 3 atom stereocenters. The van der Waals surface area contributed by atoms with E-state index in [1.54, 1.807) is 6.33 Å². The molecular formula is C16H26N4O2. The van der Waals surface area contributed by atoms with Crippen molar-refractivity contribution in [1.29, 1.82) is 0 Å². The molecule has 1 aromatic heterocycles. The van der Waals surface area contributed by atoms with E-state index in [1.165, 1.54) is 0 Å². The fourth-order valence-electron chi connectivity index (χ4n) is 3.34. The second kappa shape index (κ2) is 7.24. The molecule has 1 aromatic rings. The van der Waals surface area contributed by atoms with Gasteiger partial charge in [0, 0.05) is 32.4 Å². The molecule has 2 N–H and O–H groups in total. The summed E-state index contributed by atoms with van der Waals surface area (Å²) in [6.07, 6.45) is 6.33. The van der Waals surface area contributed by atoms with Crippen LogP contribution in [0.2, 0.25) is 0 Å². The van der Waals surface area contributed by atoms with Crippen molar-refractivity contribution in [1.82, 2.24) is 9.97 Å². The van der Waals surface area contributed by atoms with Gasteiger partial charge in [-0.15, -0.1) is 0 Å². The van der Waals surface area contributed by atoms with Crippen LogP contribution in [0.3, 0.4) is 0 Å². The number of rotatable bonds is 5. The Labute approximate surface area is 131 Å². The third-order valence-corrected chi connectivity index (χ3v) is 4.65. The van der Waals surface area contributed by atoms with Crippen LogP contribution in [0.1, 0.15) is 32.6 Å². The van der Waals surface area contributed by atoms with Crippen molar-refractivity contribution in [2.24, 2.45) is 5.92 Å². The molecule has 0 bridgehead atoms. The fourth-order valence-corrected chi connectivity index (χ4v) is 3.34. The average molecular weight is 306 g/mol. The Kier molecular flexibility index (Phi) is 5.10. The molecule has 0 spiro atoms. The van der Waals surface area contributed by atoms with Gasteiger partial charge >= 0.3 is 0 Å². The molecule has 122 valence electrons. The number of hydrogen-bond acceptors (Lipinski definition) is 6. The predicted molar refractivity (Wildman–Crippen MR) is 86.1 cm³/mol. The van der Waals surface area contributed by atoms with Gasteiger partial charge in [0.1, 0.15) is 18.0 Å². The molecule has 2 saturated heterocycles. The molecule has 3 rings (SSSR count). The van der Waals surface area contributed by atoms with Crippen LogP contribution < -0.4 is 10.2 Å². The molecule has 0 amide bonds. The summed E-state index contributed by atoms with van der Waals surface area (Å²) in [4.78, 5) is 11.0. The Morgan fingerprint density at radius 1 is 1.41 bits per heavy atom. The van der Waals surface area contributed by atoms with Crippen LogP contribution in [0, 0.1) is 5.92 Å². The third kappa shape index (κ3) is 3.67. The fraction of sp³-hybridized carbons (Fsp3) is 0.750. The Morgan fingerprint density at radius 2 is 2.32 bits per heavy atom. The number of nitrogens with one attached hydrogen (secondary N) is 1. The number of hydrogen-bond donors (Lipinski definition) is 2. The smallest absolute Gasteiger partial charge is 0.134 e. The molecule has 0 aromatic carbocycles. The largest absolute Gasteiger partial charge is 0.396 e. The SMILES string of the molecule is C[C@H](Nc1cc(N2CCC[C@@H](CO)C2)ncn1)[C@H]1CCCO1. The summed E-state index contributed by atoms with van der Waals surface area (Å²) in [7, 11) is 0. The van der Waals surface area contributed by atoms with Gasteiger partial charge in [-0.3, -0.25) is 0 Å². The first-order chi connectivity index (χ1) is 10.8. The van der Waals surface area contributed by atoms with Crippen molar-refractivity contribution in [2.75, 3.05) is 36.5 Å². The monoisotopic (exact) mass is 306 g/mol. The summed E-state index contributed by atoms with van der Waals surface area (Å²) in [6, 6.07) is 2.25. The summed E-state index contributed by atoms with van der Waals surface area (Å²) >= 11 is 0. The van der Waals surface area contributed by atoms with Crippen LogP contribution in [-0.4, -0.2) is 53.5 Å². The lowest BCUT2D eigenvalue weighted by molar-refractivity contribution is 0.0995. The van der Waals surface area contributed by atoms with Crippen molar-refractivity contribution in [2.45, 2.75) is 44.8 Å². The lowest BCUT2D eigenvalue weighted by atomic mass is 9.99. The molecule has 0 unspecified atom stereocenters. The molecule has 6 nitrogen and oxygen atoms in total. The highest BCUT2D eigenvalue weighted by Crippen LogP contribution is 2.23. The molecule has 0 aliphatic carbocycles. The lowest BCUT2D eigenvalue weighted by Gasteiger charge is -2.32. The van der Waals surface area contributed by atoms with Crippen molar-refractivity contribution in [3.63, 3.8) is 0 Å². The van der Waals surface area contributed by atoms with Gasteiger partial charge in [0.25, 0.3) is 0 Å². The van der Waals surface area contributed by atoms with Gasteiger partial charge in [-0.1, -0.05) is 0 Å². The van der Waals surface area contributed by atoms with E-state index in [0.29, 0.717) is 5.92 Å². The molecule has 22 heavy (non-hydrogen) atoms. The number of aromatic nitrogens is 2. The topological polar surface area (TPSA) is 70.5 Å². The van der Waals surface area contributed by atoms with Gasteiger partial charge in [0.2, 0.25) is 0 Å². The zero-order valence-electron chi connectivity index (χ0n) is 13.2. The summed E-state index contributed by atoms with van der Waals surface area (Å²) in [5.41, 5.74) is 0. The van der Waals surface area contributed by atoms with Crippen LogP contribution in [0.5, 0.6) is 0 Å². The number of piperidine rings is 1. The van der Waals surface area contributed by atoms with Gasteiger partial charge in [0.15, 0.2) is 0 Å². The highest BCUT2D eigenvalue weighted by Gasteiger charge is 2.23. The van der Waals surface area contributed by atoms with E-state index in [9.17, 15) is 5.11 Å². The first-order valence-corrected chi connectivity index (χ1v) is 8.32. The summed E-state index contributed by atoms with van der Waals surface area (Å²) in [6.45, 7) is 5.12. The lowest BCUT2D eigenvalue weighted by Crippen LogP contribution is -2.37. The van der Waals surface area contributed by atoms with E-state index in [2.05, 4.69) is 27.1 Å². The normalized spacial score (nSPS) is 26.9. The van der Waals surface area contributed by atoms with E-state index < -0.39 is 0 Å². The number of aliphatic hydroxyl groups excluding tert-OH is 1. The molecule has 0 saturated carbocycles. The highest BCUT2D eigenvalue weighted by atomic mass is 16.5. The molecule has 2 aliphatic rings. The minimum absolute atomic E-state index is 0.247. The van der Waals surface area contributed by atoms with E-state index in [-0.39, 0.29) is 18.8 Å². The van der Waals surface area contributed by atoms with Gasteiger partial charge in [-0.25, -0.2) is 9.97 Å². The second-order valence-electron chi connectivity index (χ2n) is 6.38. The molecule has 0 radical (unpaired) electrons. The first kappa shape index (κ1) is 15.5. The second-order valence-corrected chi connectivity index (χ2v) is 6.38. The van der Waals surface area contributed by atoms with E-state index in [4.69, 9.17) is 4.74 Å². The maximum Gasteiger partial charge on any atom is 0.134 e. The minimum Gasteiger partial charge on any atom is -0.396 e. The minimum atomic E-state index is 0.247. The van der Waals surface area contributed by atoms with Crippen molar-refractivity contribution < 1.29 is 9.84 Å². The van der Waals surface area contributed by atoms with Crippen LogP contribution >= 0.6 is 0 Å². The molecule has 2 fully saturated rings. The Morgan fingerprint density at radius 3 is 3.09 bits per heavy atom. The zero-order chi connectivity index (χ0) is 15.4. The summed E-state index contributed by atoms with van der Waals surface area (Å²) in [5.74, 6) is 2.14. The number of nitrogens with zero attached hydrogens (tertiary/aromatic N) is 3. The van der Waals surface area contributed by atoms with Gasteiger partial charge in [-0.2, -0.15) is 0 Å². The van der Waals surface area contributed by atoms with Crippen molar-refractivity contribution in [3.05, 3.63) is 12.4 Å². The highest BCUT2D eigenvalue weighted by molar-refractivity contribution is 5.49. The number of anilines is 2. The van der Waals surface area contributed by atoms with Crippen LogP contribution in [0.4, 0.5) is 11.6 Å². The van der Waals surface area contributed by atoms with Gasteiger partial charge in [-0.05, 0) is 38.5 Å². The van der Waals surface area contributed by atoms with Crippen LogP contribution in [0.15, 0.2) is 12.4 Å². The van der Waals surface area contributed by atoms with E-state index in [0.717, 1.165) is 57.0 Å². The molecule has 2 aliphatic heterocycles. The quantitative estimate of drug-likeness (QED) is 0.862. The number of aliphatic hydroxyl groups is 1. The third-order valence-electron chi connectivity index (χ3n) is 4.65. The summed E-state index contributed by atoms with van der Waals surface area (Å²) in [5, 5.41) is 12.8. The maximum atomic E-state index is 9.36. The van der Waals surface area contributed by atoms with Crippen molar-refractivity contribution in [3.8, 4) is 0 Å². The van der Waals surface area contributed by atoms with E-state index >= 15 is 0 Å². The van der Waals surface area contributed by atoms with E-state index in [1.807, 2.05) is 6.07 Å². The summed E-state index contributed by atoms with van der Waals surface area (Å²) < 4.78 is 5.72. The standard InChI is InChI=1S/C16H26N4O2/c1-12(14-5-3-7-22-14)19-15-8-16(18-11-17-15)20-6-2-4-13(9-20)10-21/h8,11-14,21H,2-7,9-10H2,1H3,(H,17,18,19)/t12-,13+,14+/m0/s1. The van der Waals surface area contributed by atoms with Crippen LogP contribution in [-0.2, 0) is 4.74 Å². The molecule has 3 heterocycles. The molecular weight excluding hydrogens is 280 g/mol. The maximum absolute atomic E-state index is 9.36. The first-order valence-electron chi connectivity index (χ1n) is 8.32. The van der Waals surface area contributed by atoms with Gasteiger partial charge < -0.3 is 20.1 Å². The van der Waals surface area contributed by atoms with Gasteiger partial charge in [0.05, 0.1) is 12.1 Å².